The summed E-state index contributed by atoms with van der Waals surface area (Å²) in [7, 11) is 1.60. The van der Waals surface area contributed by atoms with Gasteiger partial charge >= 0.3 is 0 Å². The predicted octanol–water partition coefficient (Wildman–Crippen LogP) is 3.59. The third kappa shape index (κ3) is 4.65. The van der Waals surface area contributed by atoms with Gasteiger partial charge in [-0.1, -0.05) is 42.1 Å². The van der Waals surface area contributed by atoms with Gasteiger partial charge in [-0.3, -0.25) is 9.89 Å². The van der Waals surface area contributed by atoms with Crippen molar-refractivity contribution in [3.05, 3.63) is 59.9 Å². The number of para-hydroxylation sites is 1. The zero-order valence-electron chi connectivity index (χ0n) is 14.9. The molecule has 0 aliphatic carbocycles. The molecule has 27 heavy (non-hydrogen) atoms. The Labute approximate surface area is 160 Å². The van der Waals surface area contributed by atoms with Gasteiger partial charge < -0.3 is 10.1 Å². The molecule has 0 spiro atoms. The lowest BCUT2D eigenvalue weighted by Gasteiger charge is -2.16. The third-order valence-corrected chi connectivity index (χ3v) is 4.76. The highest BCUT2D eigenvalue weighted by atomic mass is 32.2. The van der Waals surface area contributed by atoms with E-state index in [9.17, 15) is 9.18 Å². The van der Waals surface area contributed by atoms with Crippen LogP contribution in [0.4, 0.5) is 4.39 Å². The summed E-state index contributed by atoms with van der Waals surface area (Å²) in [5.41, 5.74) is 1.24. The fraction of sp³-hybridized carbons (Fsp3) is 0.211. The first kappa shape index (κ1) is 18.9. The summed E-state index contributed by atoms with van der Waals surface area (Å²) in [6.07, 6.45) is 0. The zero-order chi connectivity index (χ0) is 19.2. The Kier molecular flexibility index (Phi) is 6.08. The van der Waals surface area contributed by atoms with Crippen molar-refractivity contribution in [3.8, 4) is 17.1 Å². The van der Waals surface area contributed by atoms with E-state index in [2.05, 4.69) is 20.5 Å². The molecule has 1 heterocycles. The van der Waals surface area contributed by atoms with Gasteiger partial charge in [0.05, 0.1) is 24.5 Å². The molecule has 1 atom stereocenters. The Hall–Kier alpha value is -2.87. The second-order valence-corrected chi connectivity index (χ2v) is 6.71. The lowest BCUT2D eigenvalue weighted by Crippen LogP contribution is -2.28. The van der Waals surface area contributed by atoms with Gasteiger partial charge in [0, 0.05) is 5.56 Å². The molecule has 2 N–H and O–H groups in total. The number of hydrogen-bond acceptors (Lipinski definition) is 5. The summed E-state index contributed by atoms with van der Waals surface area (Å²) in [4.78, 5) is 16.5. The maximum absolute atomic E-state index is 13.8. The van der Waals surface area contributed by atoms with Gasteiger partial charge in [-0.05, 0) is 25.1 Å². The quantitative estimate of drug-likeness (QED) is 0.607. The van der Waals surface area contributed by atoms with Crippen molar-refractivity contribution < 1.29 is 13.9 Å². The highest BCUT2D eigenvalue weighted by Crippen LogP contribution is 2.25. The number of halogens is 1. The van der Waals surface area contributed by atoms with Crippen molar-refractivity contribution in [2.45, 2.75) is 18.1 Å². The molecule has 0 aliphatic heterocycles. The molecule has 1 amide bonds. The molecule has 0 radical (unpaired) electrons. The van der Waals surface area contributed by atoms with Crippen molar-refractivity contribution >= 4 is 17.7 Å². The van der Waals surface area contributed by atoms with Gasteiger partial charge in [0.15, 0.2) is 5.82 Å². The Bertz CT molecular complexity index is 931. The average Bonchev–Trinajstić information content (AvgIpc) is 3.15. The largest absolute Gasteiger partial charge is 0.496 e. The number of ether oxygens (including phenoxy) is 1. The molecule has 0 saturated heterocycles. The minimum Gasteiger partial charge on any atom is -0.496 e. The van der Waals surface area contributed by atoms with Crippen molar-refractivity contribution in [1.29, 1.82) is 0 Å². The van der Waals surface area contributed by atoms with Gasteiger partial charge in [0.2, 0.25) is 11.1 Å². The number of thioether (sulfide) groups is 1. The summed E-state index contributed by atoms with van der Waals surface area (Å²) >= 11 is 1.18. The van der Waals surface area contributed by atoms with Crippen LogP contribution in [0.2, 0.25) is 0 Å². The van der Waals surface area contributed by atoms with Gasteiger partial charge in [-0.25, -0.2) is 9.37 Å². The number of rotatable bonds is 7. The Morgan fingerprint density at radius 2 is 2.00 bits per heavy atom. The number of carbonyl (C=O) groups excluding carboxylic acids is 1. The number of methoxy groups -OCH3 is 1. The summed E-state index contributed by atoms with van der Waals surface area (Å²) in [6, 6.07) is 13.6. The highest BCUT2D eigenvalue weighted by molar-refractivity contribution is 7.99. The zero-order valence-corrected chi connectivity index (χ0v) is 15.7. The molecule has 8 heteroatoms. The first-order valence-corrected chi connectivity index (χ1v) is 9.29. The predicted molar refractivity (Wildman–Crippen MR) is 102 cm³/mol. The minimum absolute atomic E-state index is 0.147. The first-order chi connectivity index (χ1) is 13.1. The van der Waals surface area contributed by atoms with Gasteiger partial charge in [-0.15, -0.1) is 5.10 Å². The standard InChI is InChI=1S/C19H19FN4O2S/c1-12(13-7-4-6-10-16(13)26-2)21-17(25)11-27-19-22-18(23-24-19)14-8-3-5-9-15(14)20/h3-10,12H,11H2,1-2H3,(H,21,25)(H,22,23,24). The average molecular weight is 386 g/mol. The number of aromatic nitrogens is 3. The number of nitrogens with zero attached hydrogens (tertiary/aromatic N) is 2. The fourth-order valence-electron chi connectivity index (χ4n) is 2.60. The maximum atomic E-state index is 13.8. The molecule has 0 saturated carbocycles. The van der Waals surface area contributed by atoms with Crippen LogP contribution in [-0.4, -0.2) is 34.0 Å². The van der Waals surface area contributed by atoms with E-state index in [-0.39, 0.29) is 23.5 Å². The van der Waals surface area contributed by atoms with Crippen molar-refractivity contribution in [2.24, 2.45) is 0 Å². The molecule has 3 rings (SSSR count). The molecule has 0 fully saturated rings. The molecule has 2 aromatic carbocycles. The van der Waals surface area contributed by atoms with Crippen LogP contribution >= 0.6 is 11.8 Å². The molecule has 0 bridgehead atoms. The lowest BCUT2D eigenvalue weighted by atomic mass is 10.1. The molecule has 1 unspecified atom stereocenters. The van der Waals surface area contributed by atoms with E-state index in [4.69, 9.17) is 4.74 Å². The minimum atomic E-state index is -0.381. The topological polar surface area (TPSA) is 79.9 Å². The third-order valence-electron chi connectivity index (χ3n) is 3.91. The van der Waals surface area contributed by atoms with Gasteiger partial charge in [0.25, 0.3) is 0 Å². The smallest absolute Gasteiger partial charge is 0.230 e. The molecular formula is C19H19FN4O2S. The molecule has 0 aliphatic rings. The first-order valence-electron chi connectivity index (χ1n) is 8.31. The second-order valence-electron chi connectivity index (χ2n) is 5.77. The van der Waals surface area contributed by atoms with Crippen molar-refractivity contribution in [1.82, 2.24) is 20.5 Å². The molecule has 3 aromatic rings. The van der Waals surface area contributed by atoms with Gasteiger partial charge in [0.1, 0.15) is 11.6 Å². The molecule has 1 aromatic heterocycles. The van der Waals surface area contributed by atoms with Crippen LogP contribution in [0.25, 0.3) is 11.4 Å². The van der Waals surface area contributed by atoms with Crippen LogP contribution in [0.1, 0.15) is 18.5 Å². The Morgan fingerprint density at radius 1 is 1.26 bits per heavy atom. The van der Waals surface area contributed by atoms with E-state index in [1.807, 2.05) is 31.2 Å². The molecule has 6 nitrogen and oxygen atoms in total. The number of benzene rings is 2. The Balaban J connectivity index is 1.57. The number of amides is 1. The number of H-pyrrole nitrogens is 1. The van der Waals surface area contributed by atoms with Crippen LogP contribution in [0.3, 0.4) is 0 Å². The number of nitrogens with one attached hydrogen (secondary N) is 2. The summed E-state index contributed by atoms with van der Waals surface area (Å²) < 4.78 is 19.1. The van der Waals surface area contributed by atoms with E-state index < -0.39 is 0 Å². The van der Waals surface area contributed by atoms with Crippen LogP contribution in [-0.2, 0) is 4.79 Å². The summed E-state index contributed by atoms with van der Waals surface area (Å²) in [5.74, 6) is 0.665. The van der Waals surface area contributed by atoms with Crippen molar-refractivity contribution in [2.75, 3.05) is 12.9 Å². The van der Waals surface area contributed by atoms with Crippen LogP contribution in [0, 0.1) is 5.82 Å². The highest BCUT2D eigenvalue weighted by Gasteiger charge is 2.15. The van der Waals surface area contributed by atoms with E-state index in [0.29, 0.717) is 16.5 Å². The molecule has 140 valence electrons. The normalized spacial score (nSPS) is 11.8. The summed E-state index contributed by atoms with van der Waals surface area (Å²) in [5, 5.41) is 10.0. The fourth-order valence-corrected chi connectivity index (χ4v) is 3.21. The SMILES string of the molecule is COc1ccccc1C(C)NC(=O)CSc1n[nH]c(-c2ccccc2F)n1. The number of hydrogen-bond donors (Lipinski definition) is 2. The number of carbonyl (C=O) groups is 1. The van der Waals surface area contributed by atoms with E-state index in [0.717, 1.165) is 11.3 Å². The monoisotopic (exact) mass is 386 g/mol. The second kappa shape index (κ2) is 8.68. The van der Waals surface area contributed by atoms with E-state index >= 15 is 0 Å². The Morgan fingerprint density at radius 3 is 2.78 bits per heavy atom. The molecular weight excluding hydrogens is 367 g/mol. The lowest BCUT2D eigenvalue weighted by molar-refractivity contribution is -0.119. The maximum Gasteiger partial charge on any atom is 0.230 e. The van der Waals surface area contributed by atoms with Gasteiger partial charge in [-0.2, -0.15) is 0 Å². The van der Waals surface area contributed by atoms with Crippen LogP contribution in [0.5, 0.6) is 5.75 Å². The van der Waals surface area contributed by atoms with E-state index in [1.165, 1.54) is 17.8 Å². The number of aromatic amines is 1. The van der Waals surface area contributed by atoms with Crippen LogP contribution in [0.15, 0.2) is 53.7 Å². The van der Waals surface area contributed by atoms with Crippen LogP contribution < -0.4 is 10.1 Å². The summed E-state index contributed by atoms with van der Waals surface area (Å²) in [6.45, 7) is 1.89. The van der Waals surface area contributed by atoms with E-state index in [1.54, 1.807) is 25.3 Å². The van der Waals surface area contributed by atoms with Crippen molar-refractivity contribution in [3.63, 3.8) is 0 Å².